The van der Waals surface area contributed by atoms with Crippen molar-refractivity contribution in [2.45, 2.75) is 18.0 Å². The van der Waals surface area contributed by atoms with Crippen molar-refractivity contribution in [1.29, 1.82) is 0 Å². The molecule has 0 aliphatic carbocycles. The molecule has 1 aromatic heterocycles. The molecule has 0 amide bonds. The van der Waals surface area contributed by atoms with Crippen LogP contribution in [0.25, 0.3) is 0 Å². The smallest absolute Gasteiger partial charge is 0.221 e. The fraction of sp³-hybridized carbons (Fsp3) is 0.429. The van der Waals surface area contributed by atoms with E-state index in [0.717, 1.165) is 13.0 Å². The van der Waals surface area contributed by atoms with Crippen molar-refractivity contribution in [3.8, 4) is 0 Å². The molecule has 72 valence electrons. The lowest BCUT2D eigenvalue weighted by Gasteiger charge is -2.09. The van der Waals surface area contributed by atoms with Crippen LogP contribution in [0.15, 0.2) is 11.2 Å². The van der Waals surface area contributed by atoms with Crippen LogP contribution in [0.4, 0.5) is 8.78 Å². The number of nitrogens with zero attached hydrogens (tertiary/aromatic N) is 2. The van der Waals surface area contributed by atoms with Crippen molar-refractivity contribution in [3.05, 3.63) is 16.9 Å². The van der Waals surface area contributed by atoms with Crippen LogP contribution in [0, 0.1) is 0 Å². The summed E-state index contributed by atoms with van der Waals surface area (Å²) in [5, 5.41) is 0.292. The van der Waals surface area contributed by atoms with Crippen LogP contribution in [0.2, 0.25) is 5.15 Å². The maximum Gasteiger partial charge on any atom is 0.287 e. The molecule has 0 fully saturated rings. The quantitative estimate of drug-likeness (QED) is 0.439. The van der Waals surface area contributed by atoms with Crippen molar-refractivity contribution in [1.82, 2.24) is 9.97 Å². The van der Waals surface area contributed by atoms with Gasteiger partial charge in [-0.3, -0.25) is 0 Å². The average molecular weight is 225 g/mol. The number of halogens is 3. The maximum absolute atomic E-state index is 12.8. The fourth-order valence-electron chi connectivity index (χ4n) is 0.713. The standard InChI is InChI=1S/C7H7ClF2N2S/c1-7(9,10)4-3-5(8)12-6(11-4)13-2/h3H,1-2H3. The lowest BCUT2D eigenvalue weighted by atomic mass is 10.3. The van der Waals surface area contributed by atoms with Gasteiger partial charge in [0.25, 0.3) is 5.92 Å². The zero-order valence-corrected chi connectivity index (χ0v) is 8.59. The number of hydrogen-bond donors (Lipinski definition) is 0. The summed E-state index contributed by atoms with van der Waals surface area (Å²) in [5.74, 6) is -2.98. The molecular weight excluding hydrogens is 218 g/mol. The first-order chi connectivity index (χ1) is 5.93. The first-order valence-corrected chi connectivity index (χ1v) is 5.00. The SMILES string of the molecule is CSc1nc(Cl)cc(C(C)(F)F)n1. The van der Waals surface area contributed by atoms with Crippen molar-refractivity contribution in [2.24, 2.45) is 0 Å². The minimum Gasteiger partial charge on any atom is -0.221 e. The Hall–Kier alpha value is -0.420. The Balaban J connectivity index is 3.16. The first-order valence-electron chi connectivity index (χ1n) is 3.40. The van der Waals surface area contributed by atoms with E-state index >= 15 is 0 Å². The van der Waals surface area contributed by atoms with E-state index < -0.39 is 5.92 Å². The highest BCUT2D eigenvalue weighted by atomic mass is 35.5. The van der Waals surface area contributed by atoms with Gasteiger partial charge in [-0.2, -0.15) is 8.78 Å². The highest BCUT2D eigenvalue weighted by molar-refractivity contribution is 7.98. The second kappa shape index (κ2) is 3.75. The van der Waals surface area contributed by atoms with Gasteiger partial charge in [-0.05, 0) is 6.26 Å². The zero-order valence-electron chi connectivity index (χ0n) is 7.01. The second-order valence-corrected chi connectivity index (χ2v) is 3.61. The summed E-state index contributed by atoms with van der Waals surface area (Å²) < 4.78 is 25.6. The summed E-state index contributed by atoms with van der Waals surface area (Å²) >= 11 is 6.71. The number of thioether (sulfide) groups is 1. The average Bonchev–Trinajstić information content (AvgIpc) is 2.01. The lowest BCUT2D eigenvalue weighted by Crippen LogP contribution is -2.10. The van der Waals surface area contributed by atoms with Gasteiger partial charge in [0, 0.05) is 13.0 Å². The van der Waals surface area contributed by atoms with E-state index in [2.05, 4.69) is 9.97 Å². The topological polar surface area (TPSA) is 25.8 Å². The van der Waals surface area contributed by atoms with Gasteiger partial charge < -0.3 is 0 Å². The van der Waals surface area contributed by atoms with E-state index in [4.69, 9.17) is 11.6 Å². The fourth-order valence-corrected chi connectivity index (χ4v) is 1.33. The molecule has 0 spiro atoms. The minimum absolute atomic E-state index is 0.0378. The van der Waals surface area contributed by atoms with Crippen LogP contribution in [0.3, 0.4) is 0 Å². The van der Waals surface area contributed by atoms with Crippen molar-refractivity contribution in [2.75, 3.05) is 6.26 Å². The van der Waals surface area contributed by atoms with Gasteiger partial charge in [0.15, 0.2) is 5.16 Å². The third-order valence-corrected chi connectivity index (χ3v) is 2.05. The molecule has 0 aromatic carbocycles. The Morgan fingerprint density at radius 3 is 2.54 bits per heavy atom. The van der Waals surface area contributed by atoms with Crippen LogP contribution in [0.1, 0.15) is 12.6 Å². The summed E-state index contributed by atoms with van der Waals surface area (Å²) in [7, 11) is 0. The molecule has 0 N–H and O–H groups in total. The Labute approximate surface area is 83.7 Å². The molecule has 1 aromatic rings. The summed E-state index contributed by atoms with van der Waals surface area (Å²) in [5.41, 5.74) is -0.350. The first kappa shape index (κ1) is 10.7. The molecular formula is C7H7ClF2N2S. The minimum atomic E-state index is -2.98. The predicted molar refractivity (Wildman–Crippen MR) is 48.4 cm³/mol. The van der Waals surface area contributed by atoms with Gasteiger partial charge in [0.2, 0.25) is 0 Å². The molecule has 0 aliphatic rings. The summed E-state index contributed by atoms with van der Waals surface area (Å²) in [4.78, 5) is 7.39. The number of alkyl halides is 2. The van der Waals surface area contributed by atoms with Crippen molar-refractivity contribution in [3.63, 3.8) is 0 Å². The molecule has 1 heterocycles. The van der Waals surface area contributed by atoms with Crippen molar-refractivity contribution >= 4 is 23.4 Å². The molecule has 1 rings (SSSR count). The molecule has 0 atom stereocenters. The van der Waals surface area contributed by atoms with Crippen LogP contribution in [-0.4, -0.2) is 16.2 Å². The molecule has 0 bridgehead atoms. The molecule has 0 saturated carbocycles. The van der Waals surface area contributed by atoms with Gasteiger partial charge in [-0.15, -0.1) is 0 Å². The number of aromatic nitrogens is 2. The van der Waals surface area contributed by atoms with E-state index in [1.807, 2.05) is 0 Å². The zero-order chi connectivity index (χ0) is 10.1. The highest BCUT2D eigenvalue weighted by Crippen LogP contribution is 2.27. The van der Waals surface area contributed by atoms with Crippen molar-refractivity contribution < 1.29 is 8.78 Å². The monoisotopic (exact) mass is 224 g/mol. The summed E-state index contributed by atoms with van der Waals surface area (Å²) in [6.45, 7) is 0.774. The van der Waals surface area contributed by atoms with Gasteiger partial charge in [-0.1, -0.05) is 23.4 Å². The normalized spacial score (nSPS) is 11.8. The van der Waals surface area contributed by atoms with E-state index in [9.17, 15) is 8.78 Å². The molecule has 13 heavy (non-hydrogen) atoms. The number of hydrogen-bond acceptors (Lipinski definition) is 3. The van der Waals surface area contributed by atoms with E-state index in [1.165, 1.54) is 11.8 Å². The molecule has 0 aliphatic heterocycles. The van der Waals surface area contributed by atoms with Gasteiger partial charge in [0.05, 0.1) is 0 Å². The Kier molecular flexibility index (Phi) is 3.08. The Morgan fingerprint density at radius 2 is 2.08 bits per heavy atom. The summed E-state index contributed by atoms with van der Waals surface area (Å²) in [6, 6.07) is 1.07. The number of rotatable bonds is 2. The van der Waals surface area contributed by atoms with Crippen LogP contribution in [0.5, 0.6) is 0 Å². The third-order valence-electron chi connectivity index (χ3n) is 1.31. The second-order valence-electron chi connectivity index (χ2n) is 2.45. The van der Waals surface area contributed by atoms with Crippen LogP contribution >= 0.6 is 23.4 Å². The van der Waals surface area contributed by atoms with Crippen LogP contribution < -0.4 is 0 Å². The third kappa shape index (κ3) is 2.77. The predicted octanol–water partition coefficient (Wildman–Crippen LogP) is 2.96. The Morgan fingerprint density at radius 1 is 1.46 bits per heavy atom. The van der Waals surface area contributed by atoms with Gasteiger partial charge in [0.1, 0.15) is 10.8 Å². The largest absolute Gasteiger partial charge is 0.287 e. The van der Waals surface area contributed by atoms with E-state index in [-0.39, 0.29) is 16.0 Å². The molecule has 0 saturated heterocycles. The molecule has 2 nitrogen and oxygen atoms in total. The Bertz CT molecular complexity index is 314. The van der Waals surface area contributed by atoms with E-state index in [1.54, 1.807) is 6.26 Å². The maximum atomic E-state index is 12.8. The molecule has 6 heteroatoms. The van der Waals surface area contributed by atoms with Gasteiger partial charge >= 0.3 is 0 Å². The summed E-state index contributed by atoms with van der Waals surface area (Å²) in [6.07, 6.45) is 1.70. The molecule has 0 unspecified atom stereocenters. The highest BCUT2D eigenvalue weighted by Gasteiger charge is 2.27. The van der Waals surface area contributed by atoms with Gasteiger partial charge in [-0.25, -0.2) is 9.97 Å². The molecule has 0 radical (unpaired) electrons. The lowest BCUT2D eigenvalue weighted by molar-refractivity contribution is 0.0119. The van der Waals surface area contributed by atoms with E-state index in [0.29, 0.717) is 0 Å². The van der Waals surface area contributed by atoms with Crippen LogP contribution in [-0.2, 0) is 5.92 Å².